The number of nitro benzene ring substituents is 3. The van der Waals surface area contributed by atoms with Gasteiger partial charge in [0.25, 0.3) is 17.1 Å². The Hall–Kier alpha value is -6.13. The number of non-ortho nitro benzene ring substituents is 3. The zero-order valence-electron chi connectivity index (χ0n) is 19.6. The van der Waals surface area contributed by atoms with Crippen molar-refractivity contribution < 1.29 is 53.6 Å². The SMILES string of the molecule is CC(=O)Oc1ccc([N+](=O)[O-])cc1.O=C(O)Oc1ccc([N+](=O)[O-])cc1.O=C(O)Oc1ccc([N+](=O)[O-])cc1. The van der Waals surface area contributed by atoms with Crippen LogP contribution in [0.2, 0.25) is 0 Å². The van der Waals surface area contributed by atoms with E-state index >= 15 is 0 Å². The number of benzene rings is 3. The number of esters is 1. The molecule has 0 atom stereocenters. The van der Waals surface area contributed by atoms with Gasteiger partial charge in [-0.2, -0.15) is 0 Å². The maximum absolute atomic E-state index is 10.5. The summed E-state index contributed by atoms with van der Waals surface area (Å²) in [5.41, 5.74) is -0.258. The van der Waals surface area contributed by atoms with Crippen LogP contribution in [0, 0.1) is 30.3 Å². The van der Waals surface area contributed by atoms with Crippen molar-refractivity contribution in [2.45, 2.75) is 6.92 Å². The molecule has 0 saturated heterocycles. The standard InChI is InChI=1S/C8H7NO4.2C7H5NO5/c1-6(10)13-8-4-2-7(3-5-8)9(11)12;2*9-7(10)13-6-3-1-5(2-4-6)8(11)12/h2-5H,1H3;2*1-4H,(H,9,10). The molecule has 0 amide bonds. The van der Waals surface area contributed by atoms with Crippen LogP contribution in [-0.2, 0) is 4.79 Å². The molecule has 204 valence electrons. The molecule has 0 aromatic heterocycles. The number of rotatable bonds is 6. The third-order valence-electron chi connectivity index (χ3n) is 3.81. The van der Waals surface area contributed by atoms with Gasteiger partial charge in [-0.25, -0.2) is 9.59 Å². The van der Waals surface area contributed by atoms with Gasteiger partial charge in [0.1, 0.15) is 17.2 Å². The van der Waals surface area contributed by atoms with Crippen molar-refractivity contribution in [3.8, 4) is 17.2 Å². The third-order valence-corrected chi connectivity index (χ3v) is 3.81. The lowest BCUT2D eigenvalue weighted by Crippen LogP contribution is -2.02. The van der Waals surface area contributed by atoms with Gasteiger partial charge in [0.2, 0.25) is 0 Å². The van der Waals surface area contributed by atoms with E-state index in [1.165, 1.54) is 55.5 Å². The second-order valence-corrected chi connectivity index (χ2v) is 6.58. The van der Waals surface area contributed by atoms with Crippen LogP contribution in [0.15, 0.2) is 72.8 Å². The van der Waals surface area contributed by atoms with Crippen molar-refractivity contribution in [1.82, 2.24) is 0 Å². The fraction of sp³-hybridized carbons (Fsp3) is 0.0455. The molecule has 0 spiro atoms. The van der Waals surface area contributed by atoms with E-state index in [1.54, 1.807) is 0 Å². The lowest BCUT2D eigenvalue weighted by Gasteiger charge is -1.98. The Morgan fingerprint density at radius 2 is 0.769 bits per heavy atom. The summed E-state index contributed by atoms with van der Waals surface area (Å²) in [5, 5.41) is 47.0. The average Bonchev–Trinajstić information content (AvgIpc) is 2.85. The van der Waals surface area contributed by atoms with E-state index < -0.39 is 33.0 Å². The first kappa shape index (κ1) is 30.9. The van der Waals surface area contributed by atoms with Gasteiger partial charge < -0.3 is 24.4 Å². The maximum atomic E-state index is 10.5. The van der Waals surface area contributed by atoms with E-state index in [9.17, 15) is 44.7 Å². The summed E-state index contributed by atoms with van der Waals surface area (Å²) in [5.74, 6) is -0.0387. The average molecular weight is 547 g/mol. The van der Waals surface area contributed by atoms with Gasteiger partial charge in [-0.15, -0.1) is 0 Å². The second kappa shape index (κ2) is 15.1. The van der Waals surface area contributed by atoms with Crippen LogP contribution in [0.4, 0.5) is 26.7 Å². The summed E-state index contributed by atoms with van der Waals surface area (Å²) in [6, 6.07) is 14.8. The molecule has 17 heteroatoms. The van der Waals surface area contributed by atoms with Crippen molar-refractivity contribution >= 4 is 35.3 Å². The molecule has 2 N–H and O–H groups in total. The van der Waals surface area contributed by atoms with Crippen LogP contribution >= 0.6 is 0 Å². The fourth-order valence-corrected chi connectivity index (χ4v) is 2.28. The third kappa shape index (κ3) is 12.4. The topological polar surface area (TPSA) is 249 Å². The van der Waals surface area contributed by atoms with Crippen LogP contribution in [0.5, 0.6) is 17.2 Å². The molecule has 0 aliphatic heterocycles. The highest BCUT2D eigenvalue weighted by molar-refractivity contribution is 5.69. The number of carbonyl (C=O) groups is 3. The molecular weight excluding hydrogens is 530 g/mol. The summed E-state index contributed by atoms with van der Waals surface area (Å²) >= 11 is 0. The summed E-state index contributed by atoms with van der Waals surface area (Å²) in [7, 11) is 0. The van der Waals surface area contributed by atoms with Crippen LogP contribution < -0.4 is 14.2 Å². The number of ether oxygens (including phenoxy) is 3. The second-order valence-electron chi connectivity index (χ2n) is 6.58. The van der Waals surface area contributed by atoms with Crippen molar-refractivity contribution in [2.75, 3.05) is 0 Å². The van der Waals surface area contributed by atoms with E-state index in [1.807, 2.05) is 0 Å². The molecule has 0 aliphatic carbocycles. The molecule has 3 aromatic carbocycles. The van der Waals surface area contributed by atoms with Gasteiger partial charge in [0.05, 0.1) is 14.8 Å². The molecule has 17 nitrogen and oxygen atoms in total. The van der Waals surface area contributed by atoms with Crippen molar-refractivity contribution in [1.29, 1.82) is 0 Å². The van der Waals surface area contributed by atoms with Gasteiger partial charge in [-0.05, 0) is 36.4 Å². The van der Waals surface area contributed by atoms with Crippen LogP contribution in [-0.4, -0.2) is 43.3 Å². The summed E-state index contributed by atoms with van der Waals surface area (Å²) in [4.78, 5) is 59.5. The summed E-state index contributed by atoms with van der Waals surface area (Å²) < 4.78 is 13.2. The maximum Gasteiger partial charge on any atom is 0.511 e. The number of carboxylic acid groups (broad SMARTS) is 2. The number of carbonyl (C=O) groups excluding carboxylic acids is 1. The molecule has 0 radical (unpaired) electrons. The zero-order valence-corrected chi connectivity index (χ0v) is 19.6. The van der Waals surface area contributed by atoms with Crippen molar-refractivity contribution in [3.63, 3.8) is 0 Å². The van der Waals surface area contributed by atoms with E-state index in [2.05, 4.69) is 14.2 Å². The highest BCUT2D eigenvalue weighted by Gasteiger charge is 2.07. The molecule has 3 rings (SSSR count). The summed E-state index contributed by atoms with van der Waals surface area (Å²) in [6.07, 6.45) is -2.90. The Bertz CT molecular complexity index is 1160. The minimum Gasteiger partial charge on any atom is -0.449 e. The Kier molecular flexibility index (Phi) is 12.0. The molecule has 0 fully saturated rings. The van der Waals surface area contributed by atoms with Gasteiger partial charge in [0, 0.05) is 43.3 Å². The van der Waals surface area contributed by atoms with Gasteiger partial charge >= 0.3 is 18.3 Å². The highest BCUT2D eigenvalue weighted by atomic mass is 16.7. The van der Waals surface area contributed by atoms with E-state index in [0.717, 1.165) is 24.3 Å². The molecule has 3 aromatic rings. The normalized spacial score (nSPS) is 9.26. The van der Waals surface area contributed by atoms with E-state index in [4.69, 9.17) is 10.2 Å². The Labute approximate surface area is 216 Å². The molecular formula is C22H17N3O14. The molecule has 0 unspecified atom stereocenters. The Balaban J connectivity index is 0.000000292. The largest absolute Gasteiger partial charge is 0.511 e. The quantitative estimate of drug-likeness (QED) is 0.138. The van der Waals surface area contributed by atoms with Gasteiger partial charge in [-0.3, -0.25) is 35.1 Å². The lowest BCUT2D eigenvalue weighted by molar-refractivity contribution is -0.385. The smallest absolute Gasteiger partial charge is 0.449 e. The van der Waals surface area contributed by atoms with Crippen molar-refractivity contribution in [2.24, 2.45) is 0 Å². The molecule has 39 heavy (non-hydrogen) atoms. The van der Waals surface area contributed by atoms with E-state index in [-0.39, 0.29) is 28.6 Å². The van der Waals surface area contributed by atoms with Crippen LogP contribution in [0.3, 0.4) is 0 Å². The summed E-state index contributed by atoms with van der Waals surface area (Å²) in [6.45, 7) is 1.27. The molecule has 0 aliphatic rings. The number of nitrogens with zero attached hydrogens (tertiary/aromatic N) is 3. The molecule has 0 heterocycles. The van der Waals surface area contributed by atoms with Gasteiger partial charge in [0.15, 0.2) is 0 Å². The first-order chi connectivity index (χ1) is 18.3. The molecule has 0 bridgehead atoms. The highest BCUT2D eigenvalue weighted by Crippen LogP contribution is 2.19. The van der Waals surface area contributed by atoms with Crippen LogP contribution in [0.1, 0.15) is 6.92 Å². The van der Waals surface area contributed by atoms with Crippen molar-refractivity contribution in [3.05, 3.63) is 103 Å². The molecule has 0 saturated carbocycles. The Morgan fingerprint density at radius 1 is 0.538 bits per heavy atom. The first-order valence-corrected chi connectivity index (χ1v) is 10.0. The Morgan fingerprint density at radius 3 is 0.949 bits per heavy atom. The fourth-order valence-electron chi connectivity index (χ4n) is 2.28. The van der Waals surface area contributed by atoms with Gasteiger partial charge in [-0.1, -0.05) is 0 Å². The minimum absolute atomic E-state index is 0.0316. The van der Waals surface area contributed by atoms with E-state index in [0.29, 0.717) is 5.75 Å². The predicted molar refractivity (Wildman–Crippen MR) is 128 cm³/mol. The first-order valence-electron chi connectivity index (χ1n) is 10.0. The number of hydrogen-bond donors (Lipinski definition) is 2. The number of nitro groups is 3. The zero-order chi connectivity index (χ0) is 29.5. The van der Waals surface area contributed by atoms with Crippen LogP contribution in [0.25, 0.3) is 0 Å². The minimum atomic E-state index is -1.45. The number of hydrogen-bond acceptors (Lipinski definition) is 12. The predicted octanol–water partition coefficient (Wildman–Crippen LogP) is 4.82. The lowest BCUT2D eigenvalue weighted by atomic mass is 10.3. The monoisotopic (exact) mass is 547 g/mol.